The molecule has 1 N–H and O–H groups in total. The Bertz CT molecular complexity index is 1060. The fraction of sp³-hybridized carbons (Fsp3) is 0.423. The number of fused-ring (bicyclic) bond motifs is 1. The van der Waals surface area contributed by atoms with Gasteiger partial charge in [-0.2, -0.15) is 5.06 Å². The predicted molar refractivity (Wildman–Crippen MR) is 126 cm³/mol. The summed E-state index contributed by atoms with van der Waals surface area (Å²) in [6, 6.07) is 16.2. The fourth-order valence-corrected chi connectivity index (χ4v) is 5.48. The van der Waals surface area contributed by atoms with Gasteiger partial charge in [0.15, 0.2) is 6.10 Å². The molecule has 0 spiro atoms. The lowest BCUT2D eigenvalue weighted by molar-refractivity contribution is -0.184. The van der Waals surface area contributed by atoms with E-state index in [0.717, 1.165) is 43.2 Å². The second-order valence-corrected chi connectivity index (χ2v) is 9.66. The molecule has 0 aromatic heterocycles. The summed E-state index contributed by atoms with van der Waals surface area (Å²) in [6.45, 7) is 0.302. The molecule has 3 atom stereocenters. The molecule has 1 saturated carbocycles. The van der Waals surface area contributed by atoms with Crippen LogP contribution in [0.5, 0.6) is 0 Å². The average Bonchev–Trinajstić information content (AvgIpc) is 3.34. The molecule has 2 aromatic rings. The third-order valence-electron chi connectivity index (χ3n) is 7.01. The van der Waals surface area contributed by atoms with Gasteiger partial charge in [0, 0.05) is 17.6 Å². The molecule has 1 aliphatic carbocycles. The van der Waals surface area contributed by atoms with E-state index in [1.54, 1.807) is 12.1 Å². The topological polar surface area (TPSA) is 79.0 Å². The van der Waals surface area contributed by atoms with Crippen molar-refractivity contribution in [2.24, 2.45) is 5.92 Å². The molecule has 2 aliphatic heterocycles. The van der Waals surface area contributed by atoms with E-state index >= 15 is 0 Å². The molecule has 5 rings (SSSR count). The summed E-state index contributed by atoms with van der Waals surface area (Å²) < 4.78 is 0. The summed E-state index contributed by atoms with van der Waals surface area (Å²) in [7, 11) is 0. The number of amides is 3. The summed E-state index contributed by atoms with van der Waals surface area (Å²) in [5, 5.41) is 4.96. The number of hydrogen-bond acceptors (Lipinski definition) is 5. The highest BCUT2D eigenvalue weighted by molar-refractivity contribution is 6.30. The zero-order valence-corrected chi connectivity index (χ0v) is 19.6. The van der Waals surface area contributed by atoms with E-state index in [4.69, 9.17) is 16.4 Å². The molecule has 0 radical (unpaired) electrons. The highest BCUT2D eigenvalue weighted by Crippen LogP contribution is 2.46. The molecule has 8 heteroatoms. The second-order valence-electron chi connectivity index (χ2n) is 9.22. The number of nitrogens with one attached hydrogen (secondary N) is 1. The van der Waals surface area contributed by atoms with Gasteiger partial charge in [-0.1, -0.05) is 73.3 Å². The van der Waals surface area contributed by atoms with E-state index in [2.05, 4.69) is 5.32 Å². The van der Waals surface area contributed by atoms with Crippen LogP contribution in [0.3, 0.4) is 0 Å². The smallest absolute Gasteiger partial charge is 0.261 e. The van der Waals surface area contributed by atoms with Gasteiger partial charge < -0.3 is 5.32 Å². The highest BCUT2D eigenvalue weighted by atomic mass is 35.5. The van der Waals surface area contributed by atoms with Gasteiger partial charge in [-0.3, -0.25) is 24.1 Å². The summed E-state index contributed by atoms with van der Waals surface area (Å²) in [5.41, 5.74) is 1.78. The third-order valence-corrected chi connectivity index (χ3v) is 7.26. The van der Waals surface area contributed by atoms with E-state index in [1.165, 1.54) is 9.96 Å². The van der Waals surface area contributed by atoms with Crippen molar-refractivity contribution in [2.45, 2.75) is 56.8 Å². The summed E-state index contributed by atoms with van der Waals surface area (Å²) in [6.07, 6.45) is 3.95. The molecule has 3 unspecified atom stereocenters. The average molecular weight is 482 g/mol. The van der Waals surface area contributed by atoms with Crippen LogP contribution in [0.1, 0.15) is 49.3 Å². The largest absolute Gasteiger partial charge is 0.351 e. The SMILES string of the molecule is O=C(CN1OC2C(=O)N(C3CCCCC3)C(=O)C2C1c1ccc(Cl)cc1)NCc1ccccc1. The number of halogens is 1. The van der Waals surface area contributed by atoms with Crippen molar-refractivity contribution in [1.82, 2.24) is 15.3 Å². The molecule has 3 amide bonds. The Kier molecular flexibility index (Phi) is 6.68. The Balaban J connectivity index is 1.36. The van der Waals surface area contributed by atoms with Crippen LogP contribution in [0, 0.1) is 5.92 Å². The Hall–Kier alpha value is -2.74. The lowest BCUT2D eigenvalue weighted by Crippen LogP contribution is -2.45. The summed E-state index contributed by atoms with van der Waals surface area (Å²) in [5.74, 6) is -1.41. The molecule has 3 aliphatic rings. The monoisotopic (exact) mass is 481 g/mol. The Morgan fingerprint density at radius 1 is 0.971 bits per heavy atom. The first-order valence-electron chi connectivity index (χ1n) is 11.9. The number of benzene rings is 2. The Labute approximate surface area is 204 Å². The van der Waals surface area contributed by atoms with Crippen molar-refractivity contribution >= 4 is 29.3 Å². The first kappa shape index (κ1) is 23.0. The van der Waals surface area contributed by atoms with Crippen LogP contribution in [-0.2, 0) is 25.8 Å². The number of hydrogen-bond donors (Lipinski definition) is 1. The number of nitrogens with zero attached hydrogens (tertiary/aromatic N) is 2. The number of imide groups is 1. The molecule has 3 fully saturated rings. The second kappa shape index (κ2) is 9.86. The Morgan fingerprint density at radius 2 is 1.68 bits per heavy atom. The zero-order valence-electron chi connectivity index (χ0n) is 18.9. The maximum atomic E-state index is 13.6. The lowest BCUT2D eigenvalue weighted by atomic mass is 9.90. The third kappa shape index (κ3) is 4.48. The van der Waals surface area contributed by atoms with E-state index in [0.29, 0.717) is 11.6 Å². The molecule has 2 heterocycles. The van der Waals surface area contributed by atoms with E-state index in [1.807, 2.05) is 42.5 Å². The van der Waals surface area contributed by atoms with Gasteiger partial charge in [0.05, 0.1) is 12.0 Å². The van der Waals surface area contributed by atoms with Crippen molar-refractivity contribution in [3.05, 3.63) is 70.7 Å². The summed E-state index contributed by atoms with van der Waals surface area (Å²) >= 11 is 6.09. The Morgan fingerprint density at radius 3 is 2.38 bits per heavy atom. The first-order valence-corrected chi connectivity index (χ1v) is 12.3. The van der Waals surface area contributed by atoms with Crippen LogP contribution in [0.4, 0.5) is 0 Å². The molecule has 7 nitrogen and oxygen atoms in total. The molecule has 2 aromatic carbocycles. The lowest BCUT2D eigenvalue weighted by Gasteiger charge is -2.32. The van der Waals surface area contributed by atoms with Crippen LogP contribution in [-0.4, -0.2) is 46.4 Å². The predicted octanol–water partition coefficient (Wildman–Crippen LogP) is 3.63. The standard InChI is InChI=1S/C26H28ClN3O4/c27-19-13-11-18(12-14-19)23-22-24(26(33)30(25(22)32)20-9-5-2-6-10-20)34-29(23)16-21(31)28-15-17-7-3-1-4-8-17/h1,3-4,7-8,11-14,20,22-24H,2,5-6,9-10,15-16H2,(H,28,31). The molecule has 34 heavy (non-hydrogen) atoms. The minimum absolute atomic E-state index is 0.0589. The van der Waals surface area contributed by atoms with Gasteiger partial charge >= 0.3 is 0 Å². The van der Waals surface area contributed by atoms with Crippen molar-refractivity contribution in [3.8, 4) is 0 Å². The maximum Gasteiger partial charge on any atom is 0.261 e. The number of carbonyl (C=O) groups is 3. The van der Waals surface area contributed by atoms with Crippen LogP contribution < -0.4 is 5.32 Å². The minimum Gasteiger partial charge on any atom is -0.351 e. The molecule has 178 valence electrons. The number of hydroxylamine groups is 2. The van der Waals surface area contributed by atoms with Crippen LogP contribution in [0.25, 0.3) is 0 Å². The minimum atomic E-state index is -0.906. The van der Waals surface area contributed by atoms with Crippen molar-refractivity contribution < 1.29 is 19.2 Å². The highest BCUT2D eigenvalue weighted by Gasteiger charge is 2.60. The van der Waals surface area contributed by atoms with Gasteiger partial charge in [-0.25, -0.2) is 0 Å². The zero-order chi connectivity index (χ0) is 23.7. The van der Waals surface area contributed by atoms with Gasteiger partial charge in [0.2, 0.25) is 11.8 Å². The van der Waals surface area contributed by atoms with Gasteiger partial charge in [-0.05, 0) is 36.1 Å². The summed E-state index contributed by atoms with van der Waals surface area (Å²) in [4.78, 5) is 47.1. The van der Waals surface area contributed by atoms with E-state index < -0.39 is 18.1 Å². The normalized spacial score (nSPS) is 25.6. The number of likely N-dealkylation sites (tertiary alicyclic amines) is 1. The van der Waals surface area contributed by atoms with E-state index in [9.17, 15) is 14.4 Å². The molecule has 2 saturated heterocycles. The van der Waals surface area contributed by atoms with Gasteiger partial charge in [0.1, 0.15) is 6.54 Å². The quantitative estimate of drug-likeness (QED) is 0.637. The van der Waals surface area contributed by atoms with Crippen LogP contribution >= 0.6 is 11.6 Å². The fourth-order valence-electron chi connectivity index (χ4n) is 5.35. The van der Waals surface area contributed by atoms with Crippen LogP contribution in [0.2, 0.25) is 5.02 Å². The van der Waals surface area contributed by atoms with Crippen molar-refractivity contribution in [2.75, 3.05) is 6.54 Å². The van der Waals surface area contributed by atoms with Crippen molar-refractivity contribution in [3.63, 3.8) is 0 Å². The number of rotatable bonds is 6. The maximum absolute atomic E-state index is 13.6. The van der Waals surface area contributed by atoms with E-state index in [-0.39, 0.29) is 30.3 Å². The first-order chi connectivity index (χ1) is 16.5. The number of carbonyl (C=O) groups excluding carboxylic acids is 3. The molecular formula is C26H28ClN3O4. The van der Waals surface area contributed by atoms with Crippen LogP contribution in [0.15, 0.2) is 54.6 Å². The van der Waals surface area contributed by atoms with Crippen molar-refractivity contribution in [1.29, 1.82) is 0 Å². The van der Waals surface area contributed by atoms with Gasteiger partial charge in [-0.15, -0.1) is 0 Å². The molecular weight excluding hydrogens is 454 g/mol. The van der Waals surface area contributed by atoms with Gasteiger partial charge in [0.25, 0.3) is 5.91 Å². The molecule has 0 bridgehead atoms.